The molecule has 1 aromatic rings. The molecule has 98 valence electrons. The number of rotatable bonds is 2. The molecule has 1 heterocycles. The van der Waals surface area contributed by atoms with Gasteiger partial charge in [-0.05, 0) is 30.0 Å². The van der Waals surface area contributed by atoms with Gasteiger partial charge in [0.05, 0.1) is 0 Å². The Kier molecular flexibility index (Phi) is 3.19. The zero-order valence-corrected chi connectivity index (χ0v) is 9.44. The molecule has 1 fully saturated rings. The van der Waals surface area contributed by atoms with Crippen LogP contribution in [0, 0.1) is 5.92 Å². The quantitative estimate of drug-likeness (QED) is 0.882. The fraction of sp³-hybridized carbons (Fsp3) is 0.417. The number of hydrogen-bond acceptors (Lipinski definition) is 2. The van der Waals surface area contributed by atoms with Gasteiger partial charge < -0.3 is 10.0 Å². The molecular weight excluding hydrogens is 247 g/mol. The molecule has 18 heavy (non-hydrogen) atoms. The number of carbonyl (C=O) groups excluding carboxylic acids is 1. The van der Waals surface area contributed by atoms with Crippen LogP contribution in [0.5, 0.6) is 5.75 Å². The lowest BCUT2D eigenvalue weighted by Crippen LogP contribution is -2.54. The number of carbonyl (C=O) groups is 1. The largest absolute Gasteiger partial charge is 0.508 e. The minimum Gasteiger partial charge on any atom is -0.508 e. The first-order valence-electron chi connectivity index (χ1n) is 5.50. The standard InChI is InChI=1S/C12H12F3NO2/c13-12(14,15)11(18)16-6-9(7-16)5-8-1-3-10(17)4-2-8/h1-4,9,17H,5-7H2. The number of aromatic hydroxyl groups is 1. The molecule has 1 aliphatic rings. The van der Waals surface area contributed by atoms with Gasteiger partial charge in [0.2, 0.25) is 0 Å². The van der Waals surface area contributed by atoms with Crippen molar-refractivity contribution < 1.29 is 23.1 Å². The maximum atomic E-state index is 12.1. The molecule has 1 amide bonds. The number of phenolic OH excluding ortho intramolecular Hbond substituents is 1. The Morgan fingerprint density at radius 2 is 1.83 bits per heavy atom. The van der Waals surface area contributed by atoms with E-state index in [9.17, 15) is 18.0 Å². The molecule has 0 aliphatic carbocycles. The van der Waals surface area contributed by atoms with E-state index in [-0.39, 0.29) is 24.8 Å². The second-order valence-electron chi connectivity index (χ2n) is 4.44. The van der Waals surface area contributed by atoms with Crippen molar-refractivity contribution in [3.05, 3.63) is 29.8 Å². The first-order chi connectivity index (χ1) is 8.36. The second kappa shape index (κ2) is 4.51. The molecule has 1 aliphatic heterocycles. The summed E-state index contributed by atoms with van der Waals surface area (Å²) in [6, 6.07) is 6.52. The van der Waals surface area contributed by atoms with Gasteiger partial charge in [-0.1, -0.05) is 12.1 Å². The fourth-order valence-electron chi connectivity index (χ4n) is 2.01. The van der Waals surface area contributed by atoms with Crippen molar-refractivity contribution in [2.24, 2.45) is 5.92 Å². The van der Waals surface area contributed by atoms with Crippen LogP contribution in [0.3, 0.4) is 0 Å². The van der Waals surface area contributed by atoms with Crippen LogP contribution in [-0.4, -0.2) is 35.2 Å². The van der Waals surface area contributed by atoms with Gasteiger partial charge in [-0.15, -0.1) is 0 Å². The second-order valence-corrected chi connectivity index (χ2v) is 4.44. The lowest BCUT2D eigenvalue weighted by molar-refractivity contribution is -0.191. The molecule has 0 bridgehead atoms. The number of hydrogen-bond donors (Lipinski definition) is 1. The summed E-state index contributed by atoms with van der Waals surface area (Å²) in [5, 5.41) is 9.09. The number of amides is 1. The lowest BCUT2D eigenvalue weighted by Gasteiger charge is -2.39. The average Bonchev–Trinajstić information content (AvgIpc) is 2.23. The van der Waals surface area contributed by atoms with Gasteiger partial charge in [0, 0.05) is 13.1 Å². The lowest BCUT2D eigenvalue weighted by atomic mass is 9.92. The Balaban J connectivity index is 1.83. The van der Waals surface area contributed by atoms with Crippen molar-refractivity contribution in [1.82, 2.24) is 4.90 Å². The molecular formula is C12H12F3NO2. The predicted octanol–water partition coefficient (Wildman–Crippen LogP) is 1.96. The van der Waals surface area contributed by atoms with Crippen LogP contribution in [0.15, 0.2) is 24.3 Å². The highest BCUT2D eigenvalue weighted by Gasteiger charge is 2.46. The Bertz CT molecular complexity index is 436. The number of halogens is 3. The summed E-state index contributed by atoms with van der Waals surface area (Å²) >= 11 is 0. The van der Waals surface area contributed by atoms with Crippen molar-refractivity contribution in [3.8, 4) is 5.75 Å². The molecule has 1 saturated heterocycles. The highest BCUT2D eigenvalue weighted by molar-refractivity contribution is 5.82. The van der Waals surface area contributed by atoms with Crippen molar-refractivity contribution in [1.29, 1.82) is 0 Å². The third-order valence-electron chi connectivity index (χ3n) is 2.95. The van der Waals surface area contributed by atoms with Crippen LogP contribution >= 0.6 is 0 Å². The third-order valence-corrected chi connectivity index (χ3v) is 2.95. The van der Waals surface area contributed by atoms with Crippen molar-refractivity contribution in [2.75, 3.05) is 13.1 Å². The van der Waals surface area contributed by atoms with Crippen LogP contribution in [0.4, 0.5) is 13.2 Å². The fourth-order valence-corrected chi connectivity index (χ4v) is 2.01. The molecule has 0 aromatic heterocycles. The van der Waals surface area contributed by atoms with Gasteiger partial charge in [-0.2, -0.15) is 13.2 Å². The summed E-state index contributed by atoms with van der Waals surface area (Å²) in [5.41, 5.74) is 0.942. The van der Waals surface area contributed by atoms with E-state index in [1.54, 1.807) is 12.1 Å². The molecule has 0 spiro atoms. The summed E-state index contributed by atoms with van der Waals surface area (Å²) in [4.78, 5) is 11.7. The van der Waals surface area contributed by atoms with Gasteiger partial charge in [0.25, 0.3) is 0 Å². The molecule has 3 nitrogen and oxygen atoms in total. The zero-order valence-electron chi connectivity index (χ0n) is 9.44. The summed E-state index contributed by atoms with van der Waals surface area (Å²) < 4.78 is 36.3. The van der Waals surface area contributed by atoms with Gasteiger partial charge in [-0.25, -0.2) is 0 Å². The Morgan fingerprint density at radius 3 is 2.33 bits per heavy atom. The highest BCUT2D eigenvalue weighted by atomic mass is 19.4. The smallest absolute Gasteiger partial charge is 0.471 e. The first-order valence-corrected chi connectivity index (χ1v) is 5.50. The van der Waals surface area contributed by atoms with Gasteiger partial charge in [-0.3, -0.25) is 4.79 Å². The van der Waals surface area contributed by atoms with Crippen molar-refractivity contribution in [2.45, 2.75) is 12.6 Å². The summed E-state index contributed by atoms with van der Waals surface area (Å²) in [6.07, 6.45) is -4.16. The number of nitrogens with zero attached hydrogens (tertiary/aromatic N) is 1. The van der Waals surface area contributed by atoms with E-state index in [4.69, 9.17) is 5.11 Å². The minimum absolute atomic E-state index is 0.0563. The molecule has 0 unspecified atom stereocenters. The van der Waals surface area contributed by atoms with Gasteiger partial charge >= 0.3 is 12.1 Å². The van der Waals surface area contributed by atoms with E-state index in [0.29, 0.717) is 6.42 Å². The number of alkyl halides is 3. The highest BCUT2D eigenvalue weighted by Crippen LogP contribution is 2.27. The van der Waals surface area contributed by atoms with Crippen LogP contribution in [0.25, 0.3) is 0 Å². The number of likely N-dealkylation sites (tertiary alicyclic amines) is 1. The first kappa shape index (κ1) is 12.7. The maximum Gasteiger partial charge on any atom is 0.471 e. The molecule has 0 atom stereocenters. The molecule has 0 radical (unpaired) electrons. The molecule has 6 heteroatoms. The van der Waals surface area contributed by atoms with Crippen molar-refractivity contribution >= 4 is 5.91 Å². The molecule has 1 N–H and O–H groups in total. The Morgan fingerprint density at radius 1 is 1.28 bits per heavy atom. The van der Waals surface area contributed by atoms with E-state index < -0.39 is 12.1 Å². The zero-order chi connectivity index (χ0) is 13.3. The SMILES string of the molecule is O=C(N1CC(Cc2ccc(O)cc2)C1)C(F)(F)F. The Labute approximate surface area is 102 Å². The van der Waals surface area contributed by atoms with E-state index in [2.05, 4.69) is 0 Å². The van der Waals surface area contributed by atoms with Crippen LogP contribution in [0.1, 0.15) is 5.56 Å². The van der Waals surface area contributed by atoms with Crippen LogP contribution < -0.4 is 0 Å². The van der Waals surface area contributed by atoms with E-state index in [1.165, 1.54) is 12.1 Å². The third kappa shape index (κ3) is 2.75. The van der Waals surface area contributed by atoms with Crippen LogP contribution in [0.2, 0.25) is 0 Å². The predicted molar refractivity (Wildman–Crippen MR) is 57.9 cm³/mol. The summed E-state index contributed by atoms with van der Waals surface area (Å²) in [5.74, 6) is -1.55. The van der Waals surface area contributed by atoms with E-state index in [0.717, 1.165) is 10.5 Å². The Hall–Kier alpha value is -1.72. The summed E-state index contributed by atoms with van der Waals surface area (Å²) in [6.45, 7) is 0.276. The molecule has 1 aromatic carbocycles. The summed E-state index contributed by atoms with van der Waals surface area (Å²) in [7, 11) is 0. The maximum absolute atomic E-state index is 12.1. The minimum atomic E-state index is -4.77. The monoisotopic (exact) mass is 259 g/mol. The van der Waals surface area contributed by atoms with E-state index >= 15 is 0 Å². The normalized spacial score (nSPS) is 16.5. The van der Waals surface area contributed by atoms with Gasteiger partial charge in [0.1, 0.15) is 5.75 Å². The van der Waals surface area contributed by atoms with E-state index in [1.807, 2.05) is 0 Å². The molecule has 0 saturated carbocycles. The number of phenols is 1. The van der Waals surface area contributed by atoms with Crippen LogP contribution in [-0.2, 0) is 11.2 Å². The van der Waals surface area contributed by atoms with Crippen molar-refractivity contribution in [3.63, 3.8) is 0 Å². The average molecular weight is 259 g/mol. The van der Waals surface area contributed by atoms with Gasteiger partial charge in [0.15, 0.2) is 0 Å². The topological polar surface area (TPSA) is 40.5 Å². The molecule has 2 rings (SSSR count). The number of benzene rings is 1.